The van der Waals surface area contributed by atoms with E-state index in [0.717, 1.165) is 48.5 Å². The second-order valence-corrected chi connectivity index (χ2v) is 12.3. The number of amidine groups is 1. The summed E-state index contributed by atoms with van der Waals surface area (Å²) in [5.41, 5.74) is 0.324. The van der Waals surface area contributed by atoms with E-state index in [-0.39, 0.29) is 22.4 Å². The number of halogens is 1. The molecule has 38 heavy (non-hydrogen) atoms. The number of hydrazine groups is 1. The van der Waals surface area contributed by atoms with Crippen molar-refractivity contribution in [2.45, 2.75) is 44.6 Å². The van der Waals surface area contributed by atoms with Gasteiger partial charge >= 0.3 is 13.8 Å². The van der Waals surface area contributed by atoms with Gasteiger partial charge in [-0.2, -0.15) is 4.99 Å². The summed E-state index contributed by atoms with van der Waals surface area (Å²) in [5, 5.41) is 1.50. The lowest BCUT2D eigenvalue weighted by atomic mass is 10.0. The lowest BCUT2D eigenvalue weighted by Crippen LogP contribution is -2.47. The molecule has 2 amide bonds. The molecule has 0 unspecified atom stereocenters. The highest BCUT2D eigenvalue weighted by Crippen LogP contribution is 2.45. The first-order valence-corrected chi connectivity index (χ1v) is 15.2. The summed E-state index contributed by atoms with van der Waals surface area (Å²) >= 11 is 0.965. The summed E-state index contributed by atoms with van der Waals surface area (Å²) in [6.45, 7) is 3.78. The Kier molecular flexibility index (Phi) is 8.22. The van der Waals surface area contributed by atoms with E-state index in [0.29, 0.717) is 44.1 Å². The predicted octanol–water partition coefficient (Wildman–Crippen LogP) is 3.26. The molecule has 0 radical (unpaired) electrons. The van der Waals surface area contributed by atoms with E-state index < -0.39 is 25.6 Å². The Morgan fingerprint density at radius 1 is 1.08 bits per heavy atom. The lowest BCUT2D eigenvalue weighted by molar-refractivity contribution is -0.113. The first kappa shape index (κ1) is 27.3. The van der Waals surface area contributed by atoms with Crippen LogP contribution in [0.2, 0.25) is 0 Å². The Labute approximate surface area is 224 Å². The minimum Gasteiger partial charge on any atom is -0.409 e. The summed E-state index contributed by atoms with van der Waals surface area (Å²) in [4.78, 5) is 53.3. The van der Waals surface area contributed by atoms with Crippen molar-refractivity contribution in [2.24, 2.45) is 4.99 Å². The van der Waals surface area contributed by atoms with Crippen molar-refractivity contribution in [3.05, 3.63) is 34.5 Å². The van der Waals surface area contributed by atoms with Crippen LogP contribution in [0, 0.1) is 5.82 Å². The van der Waals surface area contributed by atoms with Crippen LogP contribution in [-0.4, -0.2) is 91.9 Å². The smallest absolute Gasteiger partial charge is 0.409 e. The third-order valence-electron chi connectivity index (χ3n) is 7.23. The van der Waals surface area contributed by atoms with Crippen LogP contribution in [0.3, 0.4) is 0 Å². The van der Waals surface area contributed by atoms with Crippen LogP contribution in [0.25, 0.3) is 6.08 Å². The molecule has 4 aliphatic rings. The maximum atomic E-state index is 14.1. The Bertz CT molecular complexity index is 1190. The summed E-state index contributed by atoms with van der Waals surface area (Å²) in [6.07, 6.45) is 6.35. The molecular formula is C24H31FN5O6PS. The van der Waals surface area contributed by atoms with Gasteiger partial charge in [0.15, 0.2) is 5.17 Å². The molecule has 1 aromatic rings. The number of hydrogen-bond acceptors (Lipinski definition) is 7. The van der Waals surface area contributed by atoms with Gasteiger partial charge < -0.3 is 24.3 Å². The number of likely N-dealkylation sites (tertiary alicyclic amines) is 2. The van der Waals surface area contributed by atoms with Gasteiger partial charge in [0.05, 0.1) is 4.91 Å². The third kappa shape index (κ3) is 6.13. The van der Waals surface area contributed by atoms with Crippen molar-refractivity contribution in [1.82, 2.24) is 19.6 Å². The number of aliphatic imine (C=N–C) groups is 1. The number of thioether (sulfide) groups is 1. The number of carbonyl (C=O) groups is 2. The van der Waals surface area contributed by atoms with E-state index in [1.807, 2.05) is 0 Å². The SMILES string of the molecule is O=C1N=C(N2CCCCN2P(=O)(O)O)S/C1=C\c1ccc(F)cc1OC(=O)N1CCC(N2CCCC2)CC1. The molecule has 3 saturated heterocycles. The Morgan fingerprint density at radius 2 is 1.76 bits per heavy atom. The van der Waals surface area contributed by atoms with Crippen molar-refractivity contribution in [3.63, 3.8) is 0 Å². The number of amides is 2. The van der Waals surface area contributed by atoms with Crippen LogP contribution in [0.4, 0.5) is 9.18 Å². The van der Waals surface area contributed by atoms with Crippen LogP contribution < -0.4 is 4.74 Å². The maximum Gasteiger partial charge on any atom is 0.420 e. The quantitative estimate of drug-likeness (QED) is 0.414. The molecule has 0 bridgehead atoms. The van der Waals surface area contributed by atoms with Gasteiger partial charge in [0, 0.05) is 43.9 Å². The minimum absolute atomic E-state index is 0.0131. The average molecular weight is 568 g/mol. The average Bonchev–Trinajstić information content (AvgIpc) is 3.56. The molecular weight excluding hydrogens is 536 g/mol. The number of hydrogen-bond donors (Lipinski definition) is 2. The fourth-order valence-electron chi connectivity index (χ4n) is 5.26. The number of carbonyl (C=O) groups excluding carboxylic acids is 2. The fourth-order valence-corrected chi connectivity index (χ4v) is 7.12. The van der Waals surface area contributed by atoms with E-state index in [1.165, 1.54) is 36.1 Å². The van der Waals surface area contributed by atoms with E-state index in [1.54, 1.807) is 4.90 Å². The molecule has 2 N–H and O–H groups in total. The van der Waals surface area contributed by atoms with Crippen LogP contribution in [-0.2, 0) is 9.36 Å². The van der Waals surface area contributed by atoms with Gasteiger partial charge in [-0.05, 0) is 81.6 Å². The van der Waals surface area contributed by atoms with E-state index in [9.17, 15) is 28.3 Å². The van der Waals surface area contributed by atoms with Crippen molar-refractivity contribution in [1.29, 1.82) is 0 Å². The largest absolute Gasteiger partial charge is 0.420 e. The van der Waals surface area contributed by atoms with Crippen molar-refractivity contribution in [3.8, 4) is 5.75 Å². The van der Waals surface area contributed by atoms with Crippen LogP contribution in [0.5, 0.6) is 5.75 Å². The van der Waals surface area contributed by atoms with Crippen molar-refractivity contribution in [2.75, 3.05) is 39.3 Å². The molecule has 11 nitrogen and oxygen atoms in total. The molecule has 1 aromatic carbocycles. The zero-order chi connectivity index (χ0) is 26.9. The number of benzene rings is 1. The highest BCUT2D eigenvalue weighted by Gasteiger charge is 2.38. The van der Waals surface area contributed by atoms with Gasteiger partial charge in [0.2, 0.25) is 0 Å². The minimum atomic E-state index is -4.58. The van der Waals surface area contributed by atoms with Crippen LogP contribution in [0.1, 0.15) is 44.1 Å². The lowest BCUT2D eigenvalue weighted by Gasteiger charge is -2.38. The zero-order valence-corrected chi connectivity index (χ0v) is 22.6. The molecule has 3 fully saturated rings. The van der Waals surface area contributed by atoms with Crippen molar-refractivity contribution >= 4 is 42.8 Å². The maximum absolute atomic E-state index is 14.1. The number of piperidine rings is 1. The van der Waals surface area contributed by atoms with E-state index in [4.69, 9.17) is 4.74 Å². The molecule has 0 aromatic heterocycles. The van der Waals surface area contributed by atoms with Gasteiger partial charge in [-0.25, -0.2) is 13.8 Å². The molecule has 206 valence electrons. The predicted molar refractivity (Wildman–Crippen MR) is 141 cm³/mol. The van der Waals surface area contributed by atoms with Gasteiger partial charge in [0.1, 0.15) is 11.6 Å². The zero-order valence-electron chi connectivity index (χ0n) is 20.9. The van der Waals surface area contributed by atoms with Gasteiger partial charge in [0.25, 0.3) is 5.91 Å². The third-order valence-corrected chi connectivity index (χ3v) is 9.24. The summed E-state index contributed by atoms with van der Waals surface area (Å²) in [7, 11) is -4.58. The molecule has 4 heterocycles. The first-order chi connectivity index (χ1) is 18.2. The second kappa shape index (κ2) is 11.4. The first-order valence-electron chi connectivity index (χ1n) is 12.8. The molecule has 0 atom stereocenters. The summed E-state index contributed by atoms with van der Waals surface area (Å²) in [5.74, 6) is -1.19. The van der Waals surface area contributed by atoms with Crippen LogP contribution >= 0.6 is 19.5 Å². The Morgan fingerprint density at radius 3 is 2.47 bits per heavy atom. The molecule has 0 aliphatic carbocycles. The highest BCUT2D eigenvalue weighted by atomic mass is 32.2. The number of rotatable bonds is 4. The molecule has 5 rings (SSSR count). The van der Waals surface area contributed by atoms with Crippen LogP contribution in [0.15, 0.2) is 28.1 Å². The van der Waals surface area contributed by atoms with Gasteiger partial charge in [-0.3, -0.25) is 9.80 Å². The van der Waals surface area contributed by atoms with Gasteiger partial charge in [-0.1, -0.05) is 0 Å². The monoisotopic (exact) mass is 567 g/mol. The fraction of sp³-hybridized carbons (Fsp3) is 0.542. The molecule has 14 heteroatoms. The van der Waals surface area contributed by atoms with Gasteiger partial charge in [-0.15, -0.1) is 4.78 Å². The van der Waals surface area contributed by atoms with E-state index in [2.05, 4.69) is 9.89 Å². The Balaban J connectivity index is 1.27. The molecule has 4 aliphatic heterocycles. The summed E-state index contributed by atoms with van der Waals surface area (Å²) < 4.78 is 32.5. The highest BCUT2D eigenvalue weighted by molar-refractivity contribution is 8.18. The topological polar surface area (TPSA) is 126 Å². The number of nitrogens with zero attached hydrogens (tertiary/aromatic N) is 5. The standard InChI is InChI=1S/C24H31FN5O6PS/c25-18-6-5-17(15-21-22(31)26-23(38-21)29-11-3-4-12-30(29)37(33,34)35)20(16-18)36-24(32)28-13-7-19(8-14-28)27-9-1-2-10-27/h5-6,15-16,19H,1-4,7-14H2,(H2,33,34,35)/b21-15-. The molecule has 0 saturated carbocycles. The summed E-state index contributed by atoms with van der Waals surface area (Å²) in [6, 6.07) is 4.20. The Hall–Kier alpha value is -2.28. The van der Waals surface area contributed by atoms with Crippen molar-refractivity contribution < 1.29 is 33.1 Å². The number of ether oxygens (including phenoxy) is 1. The van der Waals surface area contributed by atoms with E-state index >= 15 is 0 Å². The molecule has 0 spiro atoms. The second-order valence-electron chi connectivity index (χ2n) is 9.76. The normalized spacial score (nSPS) is 23.4.